The molecule has 70 heavy (non-hydrogen) atoms. The van der Waals surface area contributed by atoms with Crippen molar-refractivity contribution < 1.29 is 32.9 Å². The third kappa shape index (κ3) is 54.5. The van der Waals surface area contributed by atoms with Crippen LogP contribution < -0.4 is 5.32 Å². The highest BCUT2D eigenvalue weighted by Crippen LogP contribution is 2.43. The van der Waals surface area contributed by atoms with Gasteiger partial charge in [-0.1, -0.05) is 275 Å². The number of carbonyl (C=O) groups excluding carboxylic acids is 1. The molecule has 0 aromatic carbocycles. The smallest absolute Gasteiger partial charge is 0.387 e. The van der Waals surface area contributed by atoms with Crippen molar-refractivity contribution in [2.45, 2.75) is 309 Å². The van der Waals surface area contributed by atoms with Crippen molar-refractivity contribution in [3.8, 4) is 0 Å². The Bertz CT molecular complexity index is 1230. The number of allylic oxidation sites excluding steroid dienone is 5. The van der Waals surface area contributed by atoms with Gasteiger partial charge in [-0.3, -0.25) is 13.8 Å². The maximum atomic E-state index is 12.9. The second-order valence-corrected chi connectivity index (χ2v) is 23.5. The fourth-order valence-electron chi connectivity index (χ4n) is 9.08. The van der Waals surface area contributed by atoms with E-state index in [2.05, 4.69) is 43.5 Å². The number of hydrogen-bond donors (Lipinski definition) is 3. The van der Waals surface area contributed by atoms with Gasteiger partial charge in [0.1, 0.15) is 13.2 Å². The van der Waals surface area contributed by atoms with Crippen molar-refractivity contribution in [3.63, 3.8) is 0 Å². The zero-order chi connectivity index (χ0) is 51.3. The molecule has 0 saturated heterocycles. The van der Waals surface area contributed by atoms with Crippen molar-refractivity contribution in [3.05, 3.63) is 36.5 Å². The molecule has 9 heteroatoms. The topological polar surface area (TPSA) is 105 Å². The van der Waals surface area contributed by atoms with Gasteiger partial charge in [0.2, 0.25) is 5.91 Å². The van der Waals surface area contributed by atoms with Crippen LogP contribution in [0.25, 0.3) is 0 Å². The first-order chi connectivity index (χ1) is 34.0. The maximum absolute atomic E-state index is 12.9. The van der Waals surface area contributed by atoms with Gasteiger partial charge in [-0.2, -0.15) is 0 Å². The summed E-state index contributed by atoms with van der Waals surface area (Å²) < 4.78 is 23.5. The van der Waals surface area contributed by atoms with Gasteiger partial charge in [-0.25, -0.2) is 4.57 Å². The number of aliphatic hydroxyl groups excluding tert-OH is 1. The lowest BCUT2D eigenvalue weighted by atomic mass is 10.0. The first-order valence-corrected chi connectivity index (χ1v) is 31.9. The number of hydrogen-bond acceptors (Lipinski definition) is 5. The second kappa shape index (κ2) is 52.6. The predicted molar refractivity (Wildman–Crippen MR) is 304 cm³/mol. The number of quaternary nitrogens is 1. The Labute approximate surface area is 436 Å². The molecule has 0 saturated carbocycles. The number of likely N-dealkylation sites (N-methyl/N-ethyl adjacent to an activating group) is 1. The molecule has 1 amide bonds. The summed E-state index contributed by atoms with van der Waals surface area (Å²) in [5.74, 6) is -0.177. The summed E-state index contributed by atoms with van der Waals surface area (Å²) in [6, 6.07) is -0.841. The molecular formula is C61H120N2O6P+. The summed E-state index contributed by atoms with van der Waals surface area (Å²) in [5, 5.41) is 13.8. The average molecular weight is 1010 g/mol. The number of amides is 1. The largest absolute Gasteiger partial charge is 0.472 e. The number of phosphoric ester groups is 1. The molecule has 3 unspecified atom stereocenters. The van der Waals surface area contributed by atoms with E-state index in [-0.39, 0.29) is 19.1 Å². The molecule has 0 heterocycles. The van der Waals surface area contributed by atoms with Gasteiger partial charge in [-0.15, -0.1) is 0 Å². The molecule has 0 bridgehead atoms. The summed E-state index contributed by atoms with van der Waals surface area (Å²) in [6.07, 6.45) is 68.9. The monoisotopic (exact) mass is 1010 g/mol. The maximum Gasteiger partial charge on any atom is 0.472 e. The fraction of sp³-hybridized carbons (Fsp3) is 0.885. The van der Waals surface area contributed by atoms with Crippen LogP contribution in [0.15, 0.2) is 36.5 Å². The molecule has 0 fully saturated rings. The highest BCUT2D eigenvalue weighted by molar-refractivity contribution is 7.47. The molecule has 3 atom stereocenters. The third-order valence-electron chi connectivity index (χ3n) is 13.9. The molecule has 3 N–H and O–H groups in total. The summed E-state index contributed by atoms with van der Waals surface area (Å²) in [4.78, 5) is 23.1. The molecule has 0 aromatic rings. The highest BCUT2D eigenvalue weighted by Gasteiger charge is 2.27. The van der Waals surface area contributed by atoms with Crippen LogP contribution in [0.5, 0.6) is 0 Å². The summed E-state index contributed by atoms with van der Waals surface area (Å²) in [6.45, 7) is 4.76. The molecule has 0 spiro atoms. The zero-order valence-corrected chi connectivity index (χ0v) is 48.2. The Morgan fingerprint density at radius 1 is 0.486 bits per heavy atom. The van der Waals surface area contributed by atoms with Crippen molar-refractivity contribution >= 4 is 13.7 Å². The Morgan fingerprint density at radius 2 is 0.814 bits per heavy atom. The van der Waals surface area contributed by atoms with E-state index in [1.165, 1.54) is 231 Å². The van der Waals surface area contributed by atoms with Crippen LogP contribution in [0, 0.1) is 0 Å². The van der Waals surface area contributed by atoms with Gasteiger partial charge in [0.05, 0.1) is 39.9 Å². The van der Waals surface area contributed by atoms with E-state index >= 15 is 0 Å². The van der Waals surface area contributed by atoms with Crippen LogP contribution >= 0.6 is 7.82 Å². The van der Waals surface area contributed by atoms with Crippen molar-refractivity contribution in [1.29, 1.82) is 0 Å². The van der Waals surface area contributed by atoms with Crippen LogP contribution in [0.2, 0.25) is 0 Å². The molecule has 0 aliphatic rings. The SMILES string of the molecule is CCCCCCC/C=C\C/C=C\CCCCCCCCCCCCCCCCCCCCCCCCCCCCCCCC(=O)NC(COP(=O)(O)OCC[N+](C)(C)C)C(O)/C=C/CCCCCCC. The predicted octanol–water partition coefficient (Wildman–Crippen LogP) is 18.5. The number of phosphoric acid groups is 1. The molecular weight excluding hydrogens is 888 g/mol. The van der Waals surface area contributed by atoms with E-state index in [0.717, 1.165) is 44.9 Å². The number of nitrogens with zero attached hydrogens (tertiary/aromatic N) is 1. The van der Waals surface area contributed by atoms with Crippen LogP contribution in [0.3, 0.4) is 0 Å². The van der Waals surface area contributed by atoms with Crippen molar-refractivity contribution in [2.75, 3.05) is 40.9 Å². The Morgan fingerprint density at radius 3 is 1.17 bits per heavy atom. The Balaban J connectivity index is 3.69. The highest BCUT2D eigenvalue weighted by atomic mass is 31.2. The molecule has 414 valence electrons. The van der Waals surface area contributed by atoms with E-state index in [1.807, 2.05) is 27.2 Å². The number of nitrogens with one attached hydrogen (secondary N) is 1. The first kappa shape index (κ1) is 68.7. The van der Waals surface area contributed by atoms with E-state index in [4.69, 9.17) is 9.05 Å². The quantitative estimate of drug-likeness (QED) is 0.0243. The minimum atomic E-state index is -4.33. The molecule has 0 aromatic heterocycles. The molecule has 0 radical (unpaired) electrons. The normalized spacial score (nSPS) is 14.1. The van der Waals surface area contributed by atoms with Crippen molar-refractivity contribution in [1.82, 2.24) is 5.32 Å². The summed E-state index contributed by atoms with van der Waals surface area (Å²) in [7, 11) is 1.58. The summed E-state index contributed by atoms with van der Waals surface area (Å²) in [5.41, 5.74) is 0. The molecule has 8 nitrogen and oxygen atoms in total. The van der Waals surface area contributed by atoms with Crippen LogP contribution in [-0.4, -0.2) is 73.4 Å². The number of rotatable bonds is 56. The second-order valence-electron chi connectivity index (χ2n) is 22.1. The molecule has 0 rings (SSSR count). The van der Waals surface area contributed by atoms with E-state index in [1.54, 1.807) is 6.08 Å². The average Bonchev–Trinajstić information content (AvgIpc) is 3.32. The Hall–Kier alpha value is -1.28. The van der Waals surface area contributed by atoms with Crippen LogP contribution in [-0.2, 0) is 18.4 Å². The van der Waals surface area contributed by atoms with E-state index < -0.39 is 20.0 Å². The van der Waals surface area contributed by atoms with Crippen LogP contribution in [0.1, 0.15) is 296 Å². The Kier molecular flexibility index (Phi) is 51.6. The minimum Gasteiger partial charge on any atom is -0.387 e. The minimum absolute atomic E-state index is 0.0629. The van der Waals surface area contributed by atoms with Crippen LogP contribution in [0.4, 0.5) is 0 Å². The standard InChI is InChI=1S/C61H119N2O6P/c1-6-8-10-12-14-15-16-17-18-19-20-21-22-23-24-25-26-27-28-29-30-31-32-33-34-35-36-37-38-39-40-41-42-43-44-45-46-47-49-51-53-55-61(65)62-59(60(64)54-52-50-48-13-11-9-7-2)58-69-70(66,67)68-57-56-63(3,4)5/h16-17,19-20,52,54,59-60,64H,6-15,18,21-51,53,55-58H2,1-5H3,(H-,62,65,66,67)/p+1/b17-16-,20-19-,54-52+. The lowest BCUT2D eigenvalue weighted by molar-refractivity contribution is -0.870. The zero-order valence-electron chi connectivity index (χ0n) is 47.3. The lowest BCUT2D eigenvalue weighted by Crippen LogP contribution is -2.45. The first-order valence-electron chi connectivity index (χ1n) is 30.4. The molecule has 0 aliphatic carbocycles. The lowest BCUT2D eigenvalue weighted by Gasteiger charge is -2.25. The number of unbranched alkanes of at least 4 members (excludes halogenated alkanes) is 39. The van der Waals surface area contributed by atoms with E-state index in [0.29, 0.717) is 17.4 Å². The fourth-order valence-corrected chi connectivity index (χ4v) is 9.81. The van der Waals surface area contributed by atoms with Crippen molar-refractivity contribution in [2.24, 2.45) is 0 Å². The van der Waals surface area contributed by atoms with Gasteiger partial charge in [0, 0.05) is 6.42 Å². The van der Waals surface area contributed by atoms with Gasteiger partial charge < -0.3 is 19.8 Å². The van der Waals surface area contributed by atoms with E-state index in [9.17, 15) is 19.4 Å². The number of aliphatic hydroxyl groups is 1. The summed E-state index contributed by atoms with van der Waals surface area (Å²) >= 11 is 0. The number of carbonyl (C=O) groups is 1. The van der Waals surface area contributed by atoms with Gasteiger partial charge >= 0.3 is 7.82 Å². The van der Waals surface area contributed by atoms with Gasteiger partial charge in [-0.05, 0) is 51.4 Å². The van der Waals surface area contributed by atoms with Gasteiger partial charge in [0.25, 0.3) is 0 Å². The third-order valence-corrected chi connectivity index (χ3v) is 14.8. The van der Waals surface area contributed by atoms with Gasteiger partial charge in [0.15, 0.2) is 0 Å². The molecule has 0 aliphatic heterocycles.